The van der Waals surface area contributed by atoms with Crippen LogP contribution in [0.25, 0.3) is 0 Å². The molecule has 1 aliphatic rings. The van der Waals surface area contributed by atoms with E-state index in [0.717, 1.165) is 49.6 Å². The maximum Gasteiger partial charge on any atom is 0.309 e. The Bertz CT molecular complexity index is 658. The molecule has 1 saturated heterocycles. The van der Waals surface area contributed by atoms with Crippen LogP contribution in [0.1, 0.15) is 44.7 Å². The normalized spacial score (nSPS) is 15.3. The molecule has 7 nitrogen and oxygen atoms in total. The first-order valence-corrected chi connectivity index (χ1v) is 11.1. The topological polar surface area (TPSA) is 72.4 Å². The van der Waals surface area contributed by atoms with E-state index in [-0.39, 0.29) is 11.9 Å². The molecule has 168 valence electrons. The summed E-state index contributed by atoms with van der Waals surface area (Å²) in [5.41, 5.74) is 2.29. The lowest BCUT2D eigenvalue weighted by Gasteiger charge is -2.33. The van der Waals surface area contributed by atoms with Gasteiger partial charge in [-0.25, -0.2) is 4.99 Å². The lowest BCUT2D eigenvalue weighted by atomic mass is 9.97. The number of nitrogens with one attached hydrogen (secondary N) is 1. The van der Waals surface area contributed by atoms with Gasteiger partial charge in [-0.15, -0.1) is 0 Å². The van der Waals surface area contributed by atoms with Gasteiger partial charge in [-0.2, -0.15) is 0 Å². The molecule has 2 rings (SSSR count). The fraction of sp³-hybridized carbons (Fsp3) is 0.652. The number of rotatable bonds is 11. The van der Waals surface area contributed by atoms with Crippen LogP contribution in [0.15, 0.2) is 29.3 Å². The van der Waals surface area contributed by atoms with Crippen LogP contribution in [0.5, 0.6) is 0 Å². The zero-order valence-corrected chi connectivity index (χ0v) is 18.7. The average molecular weight is 420 g/mol. The predicted octanol–water partition coefficient (Wildman–Crippen LogP) is 2.98. The Morgan fingerprint density at radius 3 is 2.53 bits per heavy atom. The maximum atomic E-state index is 12.0. The Morgan fingerprint density at radius 2 is 1.83 bits per heavy atom. The highest BCUT2D eigenvalue weighted by Gasteiger charge is 2.27. The van der Waals surface area contributed by atoms with Gasteiger partial charge in [0.2, 0.25) is 0 Å². The molecule has 1 aliphatic heterocycles. The number of aliphatic imine (C=N–C) groups is 1. The van der Waals surface area contributed by atoms with E-state index in [1.54, 1.807) is 0 Å². The van der Waals surface area contributed by atoms with Crippen molar-refractivity contribution in [1.29, 1.82) is 0 Å². The Morgan fingerprint density at radius 1 is 1.10 bits per heavy atom. The van der Waals surface area contributed by atoms with Crippen molar-refractivity contribution in [2.24, 2.45) is 10.9 Å². The molecule has 0 saturated carbocycles. The van der Waals surface area contributed by atoms with E-state index in [1.165, 1.54) is 0 Å². The molecule has 7 heteroatoms. The Hall–Kier alpha value is -2.12. The van der Waals surface area contributed by atoms with Crippen LogP contribution < -0.4 is 5.32 Å². The summed E-state index contributed by atoms with van der Waals surface area (Å²) in [6.07, 6.45) is 1.61. The van der Waals surface area contributed by atoms with Gasteiger partial charge in [-0.05, 0) is 44.7 Å². The molecule has 1 aromatic rings. The van der Waals surface area contributed by atoms with Crippen molar-refractivity contribution in [2.45, 2.75) is 46.8 Å². The van der Waals surface area contributed by atoms with E-state index in [1.807, 2.05) is 19.9 Å². The third kappa shape index (κ3) is 8.32. The van der Waals surface area contributed by atoms with Gasteiger partial charge in [0.1, 0.15) is 0 Å². The molecule has 0 unspecified atom stereocenters. The summed E-state index contributed by atoms with van der Waals surface area (Å²) < 4.78 is 16.1. The molecule has 0 aliphatic carbocycles. The smallest absolute Gasteiger partial charge is 0.309 e. The van der Waals surface area contributed by atoms with E-state index < -0.39 is 0 Å². The van der Waals surface area contributed by atoms with Crippen molar-refractivity contribution >= 4 is 11.9 Å². The standard InChI is InChI=1S/C23H37N3O4/c1-4-24-23(26-12-10-21(11-13-26)22(27)30-6-3)25-17-19-8-7-9-20(16-19)18-29-15-14-28-5-2/h7-9,16,21H,4-6,10-15,17-18H2,1-3H3,(H,24,25). The Labute approximate surface area is 180 Å². The Kier molecular flexibility index (Phi) is 11.3. The second-order valence-electron chi connectivity index (χ2n) is 7.25. The van der Waals surface area contributed by atoms with Gasteiger partial charge >= 0.3 is 5.97 Å². The molecule has 0 amide bonds. The molecule has 0 spiro atoms. The second kappa shape index (κ2) is 14.0. The van der Waals surface area contributed by atoms with E-state index in [2.05, 4.69) is 35.3 Å². The number of carbonyl (C=O) groups is 1. The lowest BCUT2D eigenvalue weighted by Crippen LogP contribution is -2.46. The number of esters is 1. The number of piperidine rings is 1. The second-order valence-corrected chi connectivity index (χ2v) is 7.25. The van der Waals surface area contributed by atoms with Gasteiger partial charge in [-0.3, -0.25) is 4.79 Å². The molecule has 1 aromatic carbocycles. The summed E-state index contributed by atoms with van der Waals surface area (Å²) in [4.78, 5) is 19.0. The summed E-state index contributed by atoms with van der Waals surface area (Å²) in [5.74, 6) is 0.834. The predicted molar refractivity (Wildman–Crippen MR) is 118 cm³/mol. The quantitative estimate of drug-likeness (QED) is 0.257. The van der Waals surface area contributed by atoms with Crippen molar-refractivity contribution in [3.8, 4) is 0 Å². The largest absolute Gasteiger partial charge is 0.466 e. The SMILES string of the molecule is CCNC(=NCc1cccc(COCCOCC)c1)N1CCC(C(=O)OCC)CC1. The summed E-state index contributed by atoms with van der Waals surface area (Å²) in [6.45, 7) is 11.9. The molecule has 0 atom stereocenters. The van der Waals surface area contributed by atoms with Crippen LogP contribution >= 0.6 is 0 Å². The first-order chi connectivity index (χ1) is 14.7. The fourth-order valence-electron chi connectivity index (χ4n) is 3.45. The van der Waals surface area contributed by atoms with Crippen LogP contribution in [0.2, 0.25) is 0 Å². The zero-order valence-electron chi connectivity index (χ0n) is 18.7. The van der Waals surface area contributed by atoms with E-state index >= 15 is 0 Å². The minimum Gasteiger partial charge on any atom is -0.466 e. The van der Waals surface area contributed by atoms with E-state index in [9.17, 15) is 4.79 Å². The molecule has 0 bridgehead atoms. The van der Waals surface area contributed by atoms with E-state index in [4.69, 9.17) is 19.2 Å². The fourth-order valence-corrected chi connectivity index (χ4v) is 3.45. The number of nitrogens with zero attached hydrogens (tertiary/aromatic N) is 2. The molecular weight excluding hydrogens is 382 g/mol. The van der Waals surface area contributed by atoms with Crippen LogP contribution in [-0.4, -0.2) is 62.9 Å². The summed E-state index contributed by atoms with van der Waals surface area (Å²) >= 11 is 0. The first-order valence-electron chi connectivity index (χ1n) is 11.1. The minimum absolute atomic E-state index is 0.00323. The summed E-state index contributed by atoms with van der Waals surface area (Å²) in [5, 5.41) is 3.38. The molecule has 1 heterocycles. The lowest BCUT2D eigenvalue weighted by molar-refractivity contribution is -0.149. The Balaban J connectivity index is 1.88. The van der Waals surface area contributed by atoms with Crippen LogP contribution in [-0.2, 0) is 32.2 Å². The number of hydrogen-bond acceptors (Lipinski definition) is 5. The van der Waals surface area contributed by atoms with Crippen molar-refractivity contribution in [3.63, 3.8) is 0 Å². The number of carbonyl (C=O) groups excluding carboxylic acids is 1. The minimum atomic E-state index is -0.0700. The van der Waals surface area contributed by atoms with Crippen molar-refractivity contribution < 1.29 is 19.0 Å². The van der Waals surface area contributed by atoms with Gasteiger partial charge in [0.05, 0.1) is 38.9 Å². The summed E-state index contributed by atoms with van der Waals surface area (Å²) in [6, 6.07) is 8.34. The van der Waals surface area contributed by atoms with Gasteiger partial charge in [0, 0.05) is 26.2 Å². The molecule has 30 heavy (non-hydrogen) atoms. The number of ether oxygens (including phenoxy) is 3. The van der Waals surface area contributed by atoms with E-state index in [0.29, 0.717) is 39.6 Å². The monoisotopic (exact) mass is 419 g/mol. The molecule has 1 N–H and O–H groups in total. The highest BCUT2D eigenvalue weighted by molar-refractivity contribution is 5.80. The summed E-state index contributed by atoms with van der Waals surface area (Å²) in [7, 11) is 0. The number of hydrogen-bond donors (Lipinski definition) is 1. The average Bonchev–Trinajstić information content (AvgIpc) is 2.77. The van der Waals surface area contributed by atoms with Crippen LogP contribution in [0.3, 0.4) is 0 Å². The van der Waals surface area contributed by atoms with Gasteiger partial charge in [0.25, 0.3) is 0 Å². The van der Waals surface area contributed by atoms with Crippen molar-refractivity contribution in [3.05, 3.63) is 35.4 Å². The van der Waals surface area contributed by atoms with Crippen LogP contribution in [0, 0.1) is 5.92 Å². The number of likely N-dealkylation sites (tertiary alicyclic amines) is 1. The molecule has 1 fully saturated rings. The zero-order chi connectivity index (χ0) is 21.6. The van der Waals surface area contributed by atoms with Gasteiger partial charge in [0.15, 0.2) is 5.96 Å². The highest BCUT2D eigenvalue weighted by Crippen LogP contribution is 2.19. The van der Waals surface area contributed by atoms with Crippen molar-refractivity contribution in [1.82, 2.24) is 10.2 Å². The number of benzene rings is 1. The molecular formula is C23H37N3O4. The molecule has 0 aromatic heterocycles. The highest BCUT2D eigenvalue weighted by atomic mass is 16.5. The van der Waals surface area contributed by atoms with Gasteiger partial charge < -0.3 is 24.4 Å². The maximum absolute atomic E-state index is 12.0. The van der Waals surface area contributed by atoms with Crippen molar-refractivity contribution in [2.75, 3.05) is 46.1 Å². The van der Waals surface area contributed by atoms with Gasteiger partial charge in [-0.1, -0.05) is 24.3 Å². The first kappa shape index (κ1) is 24.2. The molecule has 0 radical (unpaired) electrons. The third-order valence-electron chi connectivity index (χ3n) is 5.00. The van der Waals surface area contributed by atoms with Crippen LogP contribution in [0.4, 0.5) is 0 Å². The number of guanidine groups is 1. The third-order valence-corrected chi connectivity index (χ3v) is 5.00.